The van der Waals surface area contributed by atoms with Crippen molar-refractivity contribution in [3.8, 4) is 0 Å². The average molecular weight is 412 g/mol. The van der Waals surface area contributed by atoms with Gasteiger partial charge in [0.05, 0.1) is 4.92 Å². The molecule has 1 aromatic heterocycles. The van der Waals surface area contributed by atoms with Gasteiger partial charge in [-0.25, -0.2) is 0 Å². The molecule has 11 heteroatoms. The highest BCUT2D eigenvalue weighted by atomic mass is 35.5. The Hall–Kier alpha value is -2.65. The van der Waals surface area contributed by atoms with Gasteiger partial charge in [-0.15, -0.1) is 0 Å². The number of hydrogen-bond acceptors (Lipinski definition) is 5. The third-order valence-electron chi connectivity index (χ3n) is 4.13. The van der Waals surface area contributed by atoms with Gasteiger partial charge in [-0.05, 0) is 31.0 Å². The van der Waals surface area contributed by atoms with Gasteiger partial charge >= 0.3 is 5.69 Å². The van der Waals surface area contributed by atoms with Crippen LogP contribution in [-0.2, 0) is 16.1 Å². The summed E-state index contributed by atoms with van der Waals surface area (Å²) in [6.07, 6.45) is 3.45. The molecule has 0 unspecified atom stereocenters. The van der Waals surface area contributed by atoms with Crippen LogP contribution in [0.2, 0.25) is 10.0 Å². The maximum Gasteiger partial charge on any atom is 0.307 e. The normalized spacial score (nSPS) is 16.4. The molecule has 1 aromatic carbocycles. The van der Waals surface area contributed by atoms with Crippen LogP contribution >= 0.6 is 23.2 Å². The van der Waals surface area contributed by atoms with E-state index in [0.29, 0.717) is 35.1 Å². The van der Waals surface area contributed by atoms with Crippen LogP contribution in [0.5, 0.6) is 0 Å². The van der Waals surface area contributed by atoms with Gasteiger partial charge in [0.2, 0.25) is 11.8 Å². The van der Waals surface area contributed by atoms with Crippen LogP contribution in [0.15, 0.2) is 30.6 Å². The first-order valence-electron chi connectivity index (χ1n) is 8.07. The van der Waals surface area contributed by atoms with Crippen LogP contribution in [0.3, 0.4) is 0 Å². The van der Waals surface area contributed by atoms with E-state index in [0.717, 1.165) is 6.20 Å². The molecule has 0 spiro atoms. The summed E-state index contributed by atoms with van der Waals surface area (Å²) in [6, 6.07) is 4.04. The minimum atomic E-state index is -0.638. The molecule has 27 heavy (non-hydrogen) atoms. The number of benzene rings is 1. The zero-order valence-corrected chi connectivity index (χ0v) is 15.5. The van der Waals surface area contributed by atoms with Crippen molar-refractivity contribution >= 4 is 46.4 Å². The number of likely N-dealkylation sites (tertiary alicyclic amines) is 1. The van der Waals surface area contributed by atoms with Gasteiger partial charge in [-0.1, -0.05) is 23.2 Å². The molecule has 0 bridgehead atoms. The number of halogens is 2. The molecule has 1 saturated heterocycles. The second-order valence-corrected chi connectivity index (χ2v) is 6.92. The first kappa shape index (κ1) is 19.1. The maximum absolute atomic E-state index is 12.6. The molecular weight excluding hydrogens is 397 g/mol. The fourth-order valence-corrected chi connectivity index (χ4v) is 3.48. The minimum Gasteiger partial charge on any atom is -0.329 e. The summed E-state index contributed by atoms with van der Waals surface area (Å²) in [4.78, 5) is 36.7. The molecule has 2 heterocycles. The van der Waals surface area contributed by atoms with Crippen molar-refractivity contribution in [1.82, 2.24) is 14.7 Å². The standard InChI is InChI=1S/C16H15Cl2N5O4/c17-10-4-11(18)6-12(5-10)20-16(25)14-2-1-3-22(14)15(24)9-21-8-13(7-19-21)23(26)27/h4-8,14H,1-3,9H2,(H,20,25)/t14-/m0/s1. The molecular formula is C16H15Cl2N5O4. The lowest BCUT2D eigenvalue weighted by Crippen LogP contribution is -2.44. The maximum atomic E-state index is 12.6. The molecule has 1 fully saturated rings. The first-order valence-corrected chi connectivity index (χ1v) is 8.82. The first-order chi connectivity index (χ1) is 12.8. The smallest absolute Gasteiger partial charge is 0.307 e. The SMILES string of the molecule is O=C(Nc1cc(Cl)cc(Cl)c1)[C@@H]1CCCN1C(=O)Cn1cc([N+](=O)[O-])cn1. The number of carbonyl (C=O) groups is 2. The number of nitrogens with zero attached hydrogens (tertiary/aromatic N) is 4. The highest BCUT2D eigenvalue weighted by molar-refractivity contribution is 6.35. The molecule has 1 atom stereocenters. The lowest BCUT2D eigenvalue weighted by Gasteiger charge is -2.24. The van der Waals surface area contributed by atoms with Crippen LogP contribution in [0, 0.1) is 10.1 Å². The minimum absolute atomic E-state index is 0.180. The summed E-state index contributed by atoms with van der Waals surface area (Å²) >= 11 is 11.9. The highest BCUT2D eigenvalue weighted by Gasteiger charge is 2.34. The number of anilines is 1. The summed E-state index contributed by atoms with van der Waals surface area (Å²) in [5, 5.41) is 18.0. The van der Waals surface area contributed by atoms with E-state index in [9.17, 15) is 19.7 Å². The fourth-order valence-electron chi connectivity index (χ4n) is 2.95. The molecule has 1 aliphatic rings. The Morgan fingerprint density at radius 1 is 1.30 bits per heavy atom. The Morgan fingerprint density at radius 3 is 2.63 bits per heavy atom. The van der Waals surface area contributed by atoms with Gasteiger partial charge in [0.15, 0.2) is 0 Å². The fraction of sp³-hybridized carbons (Fsp3) is 0.312. The van der Waals surface area contributed by atoms with Crippen LogP contribution in [-0.4, -0.2) is 44.0 Å². The summed E-state index contributed by atoms with van der Waals surface area (Å²) in [5.74, 6) is -0.680. The third kappa shape index (κ3) is 4.55. The molecule has 0 saturated carbocycles. The Balaban J connectivity index is 1.67. The van der Waals surface area contributed by atoms with Crippen molar-refractivity contribution in [3.05, 3.63) is 50.8 Å². The lowest BCUT2D eigenvalue weighted by atomic mass is 10.2. The zero-order valence-electron chi connectivity index (χ0n) is 14.0. The number of hydrogen-bond donors (Lipinski definition) is 1. The molecule has 0 radical (unpaired) electrons. The number of amides is 2. The highest BCUT2D eigenvalue weighted by Crippen LogP contribution is 2.24. The van der Waals surface area contributed by atoms with Crippen molar-refractivity contribution in [3.63, 3.8) is 0 Å². The number of aromatic nitrogens is 2. The number of rotatable bonds is 5. The monoisotopic (exact) mass is 411 g/mol. The van der Waals surface area contributed by atoms with E-state index in [-0.39, 0.29) is 24.0 Å². The van der Waals surface area contributed by atoms with Crippen LogP contribution in [0.4, 0.5) is 11.4 Å². The van der Waals surface area contributed by atoms with Crippen molar-refractivity contribution in [2.45, 2.75) is 25.4 Å². The Bertz CT molecular complexity index is 880. The van der Waals surface area contributed by atoms with E-state index in [1.165, 1.54) is 15.8 Å². The topological polar surface area (TPSA) is 110 Å². The van der Waals surface area contributed by atoms with Crippen molar-refractivity contribution in [1.29, 1.82) is 0 Å². The van der Waals surface area contributed by atoms with Gasteiger partial charge in [0.25, 0.3) is 0 Å². The number of carbonyl (C=O) groups excluding carboxylic acids is 2. The van der Waals surface area contributed by atoms with Crippen molar-refractivity contribution in [2.24, 2.45) is 0 Å². The quantitative estimate of drug-likeness (QED) is 0.600. The second kappa shape index (κ2) is 7.93. The third-order valence-corrected chi connectivity index (χ3v) is 4.57. The van der Waals surface area contributed by atoms with E-state index >= 15 is 0 Å². The molecule has 2 aromatic rings. The van der Waals surface area contributed by atoms with Crippen molar-refractivity contribution < 1.29 is 14.5 Å². The van der Waals surface area contributed by atoms with Crippen molar-refractivity contribution in [2.75, 3.05) is 11.9 Å². The van der Waals surface area contributed by atoms with Crippen LogP contribution in [0.1, 0.15) is 12.8 Å². The summed E-state index contributed by atoms with van der Waals surface area (Å²) < 4.78 is 1.19. The van der Waals surface area contributed by atoms with Crippen LogP contribution < -0.4 is 5.32 Å². The lowest BCUT2D eigenvalue weighted by molar-refractivity contribution is -0.385. The van der Waals surface area contributed by atoms with Gasteiger partial charge in [0.1, 0.15) is 25.0 Å². The van der Waals surface area contributed by atoms with E-state index in [4.69, 9.17) is 23.2 Å². The predicted molar refractivity (Wildman–Crippen MR) is 98.7 cm³/mol. The van der Waals surface area contributed by atoms with Gasteiger partial charge in [-0.3, -0.25) is 24.4 Å². The largest absolute Gasteiger partial charge is 0.329 e. The van der Waals surface area contributed by atoms with Crippen LogP contribution in [0.25, 0.3) is 0 Å². The Kier molecular flexibility index (Phi) is 5.62. The molecule has 1 N–H and O–H groups in total. The number of nitrogens with one attached hydrogen (secondary N) is 1. The van der Waals surface area contributed by atoms with E-state index in [1.54, 1.807) is 18.2 Å². The predicted octanol–water partition coefficient (Wildman–Crippen LogP) is 2.73. The molecule has 3 rings (SSSR count). The second-order valence-electron chi connectivity index (χ2n) is 6.05. The molecule has 0 aliphatic carbocycles. The van der Waals surface area contributed by atoms with E-state index in [2.05, 4.69) is 10.4 Å². The Morgan fingerprint density at radius 2 is 2.00 bits per heavy atom. The molecule has 2 amide bonds. The molecule has 9 nitrogen and oxygen atoms in total. The molecule has 142 valence electrons. The van der Waals surface area contributed by atoms with Gasteiger partial charge in [0, 0.05) is 22.3 Å². The summed E-state index contributed by atoms with van der Waals surface area (Å²) in [6.45, 7) is 0.247. The summed E-state index contributed by atoms with van der Waals surface area (Å²) in [7, 11) is 0. The molecule has 1 aliphatic heterocycles. The Labute approximate surface area is 164 Å². The number of nitro groups is 1. The van der Waals surface area contributed by atoms with E-state index in [1.807, 2.05) is 0 Å². The zero-order chi connectivity index (χ0) is 19.6. The van der Waals surface area contributed by atoms with Gasteiger partial charge in [-0.2, -0.15) is 5.10 Å². The van der Waals surface area contributed by atoms with E-state index < -0.39 is 11.0 Å². The van der Waals surface area contributed by atoms with Gasteiger partial charge < -0.3 is 10.2 Å². The average Bonchev–Trinajstić information content (AvgIpc) is 3.22. The summed E-state index contributed by atoms with van der Waals surface area (Å²) in [5.41, 5.74) is 0.246.